The molecule has 0 aromatic heterocycles. The molecule has 1 heterocycles. The van der Waals surface area contributed by atoms with E-state index in [0.717, 1.165) is 6.07 Å². The first-order valence-corrected chi connectivity index (χ1v) is 7.44. The van der Waals surface area contributed by atoms with Crippen LogP contribution in [0.25, 0.3) is 0 Å². The van der Waals surface area contributed by atoms with Gasteiger partial charge in [0, 0.05) is 31.0 Å². The molecule has 0 saturated carbocycles. The Morgan fingerprint density at radius 1 is 1.38 bits per heavy atom. The van der Waals surface area contributed by atoms with Gasteiger partial charge >= 0.3 is 5.97 Å². The maximum absolute atomic E-state index is 12.3. The van der Waals surface area contributed by atoms with E-state index in [1.165, 1.54) is 19.2 Å². The number of nitrogens with zero attached hydrogens (tertiary/aromatic N) is 1. The number of ether oxygens (including phenoxy) is 2. The molecule has 1 aliphatic heterocycles. The van der Waals surface area contributed by atoms with E-state index < -0.39 is 22.8 Å². The zero-order valence-electron chi connectivity index (χ0n) is 13.2. The van der Waals surface area contributed by atoms with E-state index in [-0.39, 0.29) is 22.9 Å². The van der Waals surface area contributed by atoms with Crippen LogP contribution in [-0.4, -0.2) is 43.2 Å². The highest BCUT2D eigenvalue weighted by molar-refractivity contribution is 5.97. The molecule has 1 unspecified atom stereocenters. The minimum absolute atomic E-state index is 0.0162. The minimum atomic E-state index is -0.755. The highest BCUT2D eigenvalue weighted by atomic mass is 16.6. The third-order valence-corrected chi connectivity index (χ3v) is 3.89. The zero-order valence-corrected chi connectivity index (χ0v) is 13.2. The van der Waals surface area contributed by atoms with Gasteiger partial charge in [0.15, 0.2) is 0 Å². The number of esters is 1. The van der Waals surface area contributed by atoms with Gasteiger partial charge in [0.1, 0.15) is 0 Å². The first-order chi connectivity index (χ1) is 11.4. The van der Waals surface area contributed by atoms with Crippen LogP contribution >= 0.6 is 0 Å². The number of hydrogen-bond donors (Lipinski definition) is 2. The maximum atomic E-state index is 12.3. The second-order valence-electron chi connectivity index (χ2n) is 5.48. The topological polar surface area (TPSA) is 134 Å². The lowest BCUT2D eigenvalue weighted by atomic mass is 9.92. The average Bonchev–Trinajstić information content (AvgIpc) is 2.60. The zero-order chi connectivity index (χ0) is 17.7. The third-order valence-electron chi connectivity index (χ3n) is 3.89. The van der Waals surface area contributed by atoms with Gasteiger partial charge in [-0.25, -0.2) is 4.79 Å². The Morgan fingerprint density at radius 3 is 2.62 bits per heavy atom. The van der Waals surface area contributed by atoms with Crippen molar-refractivity contribution in [3.63, 3.8) is 0 Å². The van der Waals surface area contributed by atoms with E-state index >= 15 is 0 Å². The number of nitro benzene ring substituents is 1. The fourth-order valence-electron chi connectivity index (χ4n) is 2.54. The summed E-state index contributed by atoms with van der Waals surface area (Å²) in [6.07, 6.45) is 1.36. The third kappa shape index (κ3) is 4.27. The van der Waals surface area contributed by atoms with E-state index in [2.05, 4.69) is 10.1 Å². The summed E-state index contributed by atoms with van der Waals surface area (Å²) in [5.74, 6) is -1.21. The molecule has 0 bridgehead atoms. The van der Waals surface area contributed by atoms with Crippen LogP contribution in [0.5, 0.6) is 0 Å². The molecule has 130 valence electrons. The molecule has 9 nitrogen and oxygen atoms in total. The Labute approximate surface area is 138 Å². The van der Waals surface area contributed by atoms with Gasteiger partial charge in [-0.1, -0.05) is 0 Å². The summed E-state index contributed by atoms with van der Waals surface area (Å²) in [7, 11) is 1.17. The summed E-state index contributed by atoms with van der Waals surface area (Å²) >= 11 is 0. The van der Waals surface area contributed by atoms with Crippen LogP contribution in [0.4, 0.5) is 11.4 Å². The molecule has 1 aromatic carbocycles. The Bertz CT molecular complexity index is 642. The molecule has 0 aliphatic carbocycles. The van der Waals surface area contributed by atoms with Gasteiger partial charge in [0.25, 0.3) is 5.69 Å². The van der Waals surface area contributed by atoms with Crippen molar-refractivity contribution in [3.05, 3.63) is 33.9 Å². The molecular weight excluding hydrogens is 318 g/mol. The molecule has 1 atom stereocenters. The predicted molar refractivity (Wildman–Crippen MR) is 84.6 cm³/mol. The summed E-state index contributed by atoms with van der Waals surface area (Å²) < 4.78 is 9.79. The molecule has 0 radical (unpaired) electrons. The van der Waals surface area contributed by atoms with Crippen molar-refractivity contribution in [1.82, 2.24) is 0 Å². The molecule has 24 heavy (non-hydrogen) atoms. The van der Waals surface area contributed by atoms with Gasteiger partial charge in [-0.05, 0) is 24.8 Å². The summed E-state index contributed by atoms with van der Waals surface area (Å²) in [4.78, 5) is 34.2. The second-order valence-corrected chi connectivity index (χ2v) is 5.48. The monoisotopic (exact) mass is 337 g/mol. The maximum Gasteiger partial charge on any atom is 0.338 e. The highest BCUT2D eigenvalue weighted by Crippen LogP contribution is 2.23. The van der Waals surface area contributed by atoms with Crippen LogP contribution in [0.1, 0.15) is 23.2 Å². The largest absolute Gasteiger partial charge is 0.465 e. The van der Waals surface area contributed by atoms with Gasteiger partial charge in [-0.2, -0.15) is 0 Å². The normalized spacial score (nSPS) is 16.2. The lowest BCUT2D eigenvalue weighted by molar-refractivity contribution is -0.384. The number of methoxy groups -OCH3 is 1. The van der Waals surface area contributed by atoms with Crippen molar-refractivity contribution in [3.8, 4) is 0 Å². The van der Waals surface area contributed by atoms with E-state index in [9.17, 15) is 19.7 Å². The molecule has 1 aliphatic rings. The van der Waals surface area contributed by atoms with Crippen LogP contribution < -0.4 is 11.1 Å². The Morgan fingerprint density at radius 2 is 2.04 bits per heavy atom. The van der Waals surface area contributed by atoms with Crippen molar-refractivity contribution in [2.45, 2.75) is 18.9 Å². The summed E-state index contributed by atoms with van der Waals surface area (Å²) in [5, 5.41) is 13.5. The number of non-ortho nitro benzene ring substituents is 1. The van der Waals surface area contributed by atoms with Crippen molar-refractivity contribution in [2.75, 3.05) is 25.6 Å². The number of benzene rings is 1. The lowest BCUT2D eigenvalue weighted by Crippen LogP contribution is -2.44. The fraction of sp³-hybridized carbons (Fsp3) is 0.467. The van der Waals surface area contributed by atoms with E-state index in [0.29, 0.717) is 26.1 Å². The van der Waals surface area contributed by atoms with Gasteiger partial charge in [-0.3, -0.25) is 14.9 Å². The molecule has 1 saturated heterocycles. The smallest absolute Gasteiger partial charge is 0.338 e. The summed E-state index contributed by atoms with van der Waals surface area (Å²) in [6, 6.07) is 2.81. The quantitative estimate of drug-likeness (QED) is 0.466. The van der Waals surface area contributed by atoms with Crippen molar-refractivity contribution >= 4 is 23.3 Å². The van der Waals surface area contributed by atoms with Crippen molar-refractivity contribution < 1.29 is 24.0 Å². The number of amides is 1. The predicted octanol–water partition coefficient (Wildman–Crippen LogP) is 1.07. The number of nitrogens with two attached hydrogens (primary N) is 1. The molecule has 0 spiro atoms. The van der Waals surface area contributed by atoms with Crippen molar-refractivity contribution in [1.29, 1.82) is 0 Å². The molecular formula is C15H19N3O6. The molecule has 1 amide bonds. The average molecular weight is 337 g/mol. The summed E-state index contributed by atoms with van der Waals surface area (Å²) in [6.45, 7) is 1.10. The van der Waals surface area contributed by atoms with E-state index in [1.807, 2.05) is 0 Å². The van der Waals surface area contributed by atoms with Gasteiger partial charge in [-0.15, -0.1) is 0 Å². The van der Waals surface area contributed by atoms with Crippen LogP contribution in [0.3, 0.4) is 0 Å². The summed E-state index contributed by atoms with van der Waals surface area (Å²) in [5.41, 5.74) is 5.74. The first kappa shape index (κ1) is 17.8. The number of carbonyl (C=O) groups excluding carboxylic acids is 2. The van der Waals surface area contributed by atoms with E-state index in [4.69, 9.17) is 10.5 Å². The van der Waals surface area contributed by atoms with Gasteiger partial charge < -0.3 is 20.5 Å². The lowest BCUT2D eigenvalue weighted by Gasteiger charge is -2.26. The van der Waals surface area contributed by atoms with E-state index in [1.54, 1.807) is 0 Å². The number of anilines is 1. The van der Waals surface area contributed by atoms with Gasteiger partial charge in [0.05, 0.1) is 23.6 Å². The highest BCUT2D eigenvalue weighted by Gasteiger charge is 2.27. The Kier molecular flexibility index (Phi) is 5.83. The number of nitro groups is 1. The van der Waals surface area contributed by atoms with Crippen LogP contribution in [-0.2, 0) is 14.3 Å². The van der Waals surface area contributed by atoms with Crippen molar-refractivity contribution in [2.24, 2.45) is 11.7 Å². The first-order valence-electron chi connectivity index (χ1n) is 7.44. The molecule has 1 fully saturated rings. The fourth-order valence-corrected chi connectivity index (χ4v) is 2.54. The number of hydrogen-bond acceptors (Lipinski definition) is 7. The number of nitrogens with one attached hydrogen (secondary N) is 1. The Hall–Kier alpha value is -2.52. The number of rotatable bonds is 5. The van der Waals surface area contributed by atoms with Gasteiger partial charge in [0.2, 0.25) is 5.91 Å². The minimum Gasteiger partial charge on any atom is -0.465 e. The molecule has 9 heteroatoms. The van der Waals surface area contributed by atoms with Crippen LogP contribution in [0.2, 0.25) is 0 Å². The second kappa shape index (κ2) is 7.84. The van der Waals surface area contributed by atoms with Crippen LogP contribution in [0.15, 0.2) is 18.2 Å². The molecule has 2 rings (SSSR count). The standard InChI is InChI=1S/C15H19N3O6/c1-23-15(20)10-6-11(8-12(7-10)18(21)22)17-14(19)13(16)9-2-4-24-5-3-9/h6-9,13H,2-5,16H2,1H3,(H,17,19). The van der Waals surface area contributed by atoms with Crippen LogP contribution in [0, 0.1) is 16.0 Å². The SMILES string of the molecule is COC(=O)c1cc(NC(=O)C(N)C2CCOCC2)cc([N+](=O)[O-])c1. The number of carbonyl (C=O) groups is 2. The molecule has 1 aromatic rings. The Balaban J connectivity index is 2.17. The molecule has 3 N–H and O–H groups in total.